The summed E-state index contributed by atoms with van der Waals surface area (Å²) < 4.78 is 7.14. The topological polar surface area (TPSA) is 94.7 Å². The minimum Gasteiger partial charge on any atom is -0.454 e. The molecule has 0 unspecified atom stereocenters. The zero-order valence-electron chi connectivity index (χ0n) is 18.8. The standard InChI is InChI=1S/C24H29N3O5/c1-5-10-26-17(3)12-20(18(26)4)23(28)15-32-24(29)19-8-9-21(22(13-19)27(30)31)25-11-6-7-16(2)14-25/h5,8-9,12-13,16H,1,6-7,10-11,14-15H2,2-4H3/t16-/m0/s1. The van der Waals surface area contributed by atoms with Crippen LogP contribution in [0.5, 0.6) is 0 Å². The summed E-state index contributed by atoms with van der Waals surface area (Å²) >= 11 is 0. The molecule has 0 aliphatic carbocycles. The van der Waals surface area contributed by atoms with Gasteiger partial charge in [0.2, 0.25) is 5.78 Å². The van der Waals surface area contributed by atoms with Gasteiger partial charge in [0.15, 0.2) is 6.61 Å². The van der Waals surface area contributed by atoms with Crippen LogP contribution in [0.4, 0.5) is 11.4 Å². The second kappa shape index (κ2) is 9.80. The molecule has 3 rings (SSSR count). The molecule has 0 radical (unpaired) electrons. The first-order valence-electron chi connectivity index (χ1n) is 10.7. The highest BCUT2D eigenvalue weighted by Crippen LogP contribution is 2.32. The van der Waals surface area contributed by atoms with Gasteiger partial charge >= 0.3 is 5.97 Å². The van der Waals surface area contributed by atoms with Crippen molar-refractivity contribution in [1.29, 1.82) is 0 Å². The molecule has 1 atom stereocenters. The molecule has 2 aromatic rings. The number of carbonyl (C=O) groups excluding carboxylic acids is 2. The van der Waals surface area contributed by atoms with Crippen LogP contribution in [-0.4, -0.2) is 40.9 Å². The third kappa shape index (κ3) is 4.90. The van der Waals surface area contributed by atoms with Gasteiger partial charge < -0.3 is 14.2 Å². The maximum Gasteiger partial charge on any atom is 0.338 e. The number of nitro benzene ring substituents is 1. The van der Waals surface area contributed by atoms with Crippen molar-refractivity contribution < 1.29 is 19.2 Å². The monoisotopic (exact) mass is 439 g/mol. The number of nitro groups is 1. The number of piperidine rings is 1. The van der Waals surface area contributed by atoms with Crippen molar-refractivity contribution in [2.24, 2.45) is 5.92 Å². The van der Waals surface area contributed by atoms with Gasteiger partial charge in [0, 0.05) is 42.7 Å². The van der Waals surface area contributed by atoms with Crippen LogP contribution in [0.2, 0.25) is 0 Å². The minimum atomic E-state index is -0.764. The molecule has 1 aromatic carbocycles. The Labute approximate surface area is 187 Å². The van der Waals surface area contributed by atoms with Gasteiger partial charge in [-0.25, -0.2) is 4.79 Å². The number of benzene rings is 1. The summed E-state index contributed by atoms with van der Waals surface area (Å²) in [5.41, 5.74) is 2.60. The number of rotatable bonds is 8. The number of hydrogen-bond donors (Lipinski definition) is 0. The Morgan fingerprint density at radius 3 is 2.72 bits per heavy atom. The molecular weight excluding hydrogens is 410 g/mol. The fourth-order valence-electron chi connectivity index (χ4n) is 4.26. The number of esters is 1. The van der Waals surface area contributed by atoms with Crippen LogP contribution in [0.1, 0.15) is 51.9 Å². The Morgan fingerprint density at radius 1 is 1.31 bits per heavy atom. The van der Waals surface area contributed by atoms with Crippen LogP contribution in [-0.2, 0) is 11.3 Å². The first-order chi connectivity index (χ1) is 15.2. The number of nitrogens with zero attached hydrogens (tertiary/aromatic N) is 3. The number of hydrogen-bond acceptors (Lipinski definition) is 6. The van der Waals surface area contributed by atoms with Crippen LogP contribution >= 0.6 is 0 Å². The Hall–Kier alpha value is -3.42. The van der Waals surface area contributed by atoms with E-state index in [1.165, 1.54) is 12.1 Å². The molecule has 2 heterocycles. The molecule has 32 heavy (non-hydrogen) atoms. The highest BCUT2D eigenvalue weighted by atomic mass is 16.6. The molecular formula is C24H29N3O5. The zero-order chi connectivity index (χ0) is 23.4. The molecule has 0 N–H and O–H groups in total. The number of Topliss-reactive ketones (excluding diaryl/α,β-unsaturated/α-hetero) is 1. The maximum atomic E-state index is 12.6. The second-order valence-electron chi connectivity index (χ2n) is 8.34. The largest absolute Gasteiger partial charge is 0.454 e. The van der Waals surface area contributed by atoms with E-state index in [0.29, 0.717) is 23.7 Å². The molecule has 8 heteroatoms. The van der Waals surface area contributed by atoms with Crippen molar-refractivity contribution >= 4 is 23.1 Å². The first-order valence-corrected chi connectivity index (χ1v) is 10.7. The molecule has 0 amide bonds. The summed E-state index contributed by atoms with van der Waals surface area (Å²) in [6.45, 7) is 11.2. The van der Waals surface area contributed by atoms with E-state index in [1.807, 2.05) is 23.3 Å². The summed E-state index contributed by atoms with van der Waals surface area (Å²) in [4.78, 5) is 38.3. The number of aromatic nitrogens is 1. The third-order valence-electron chi connectivity index (χ3n) is 5.93. The summed E-state index contributed by atoms with van der Waals surface area (Å²) in [5.74, 6) is -0.637. The van der Waals surface area contributed by atoms with Gasteiger partial charge in [-0.3, -0.25) is 14.9 Å². The normalized spacial score (nSPS) is 16.0. The van der Waals surface area contributed by atoms with Crippen LogP contribution in [0.25, 0.3) is 0 Å². The molecule has 0 spiro atoms. The number of anilines is 1. The van der Waals surface area contributed by atoms with Gasteiger partial charge in [-0.15, -0.1) is 6.58 Å². The van der Waals surface area contributed by atoms with Crippen molar-refractivity contribution in [3.63, 3.8) is 0 Å². The average Bonchev–Trinajstić information content (AvgIpc) is 3.05. The second-order valence-corrected chi connectivity index (χ2v) is 8.34. The van der Waals surface area contributed by atoms with Crippen LogP contribution in [0, 0.1) is 29.9 Å². The van der Waals surface area contributed by atoms with Gasteiger partial charge in [-0.05, 0) is 50.8 Å². The van der Waals surface area contributed by atoms with E-state index in [9.17, 15) is 19.7 Å². The zero-order valence-corrected chi connectivity index (χ0v) is 18.8. The van der Waals surface area contributed by atoms with Crippen LogP contribution < -0.4 is 4.90 Å². The quantitative estimate of drug-likeness (QED) is 0.198. The smallest absolute Gasteiger partial charge is 0.338 e. The van der Waals surface area contributed by atoms with Crippen molar-refractivity contribution in [3.05, 3.63) is 69.5 Å². The predicted octanol–water partition coefficient (Wildman–Crippen LogP) is 4.48. The van der Waals surface area contributed by atoms with Gasteiger partial charge in [-0.1, -0.05) is 13.0 Å². The summed E-state index contributed by atoms with van der Waals surface area (Å²) in [7, 11) is 0. The molecule has 170 valence electrons. The molecule has 0 bridgehead atoms. The van der Waals surface area contributed by atoms with Crippen LogP contribution in [0.15, 0.2) is 36.9 Å². The molecule has 1 aromatic heterocycles. The SMILES string of the molecule is C=CCn1c(C)cc(C(=O)COC(=O)c2ccc(N3CCC[C@H](C)C3)c([N+](=O)[O-])c2)c1C. The summed E-state index contributed by atoms with van der Waals surface area (Å²) in [5, 5.41) is 11.7. The average molecular weight is 440 g/mol. The van der Waals surface area contributed by atoms with E-state index in [0.717, 1.165) is 37.3 Å². The summed E-state index contributed by atoms with van der Waals surface area (Å²) in [6, 6.07) is 6.10. The first kappa shape index (κ1) is 23.2. The Balaban J connectivity index is 1.73. The van der Waals surface area contributed by atoms with Crippen molar-refractivity contribution in [1.82, 2.24) is 4.57 Å². The fourth-order valence-corrected chi connectivity index (χ4v) is 4.26. The van der Waals surface area contributed by atoms with E-state index >= 15 is 0 Å². The van der Waals surface area contributed by atoms with Crippen molar-refractivity contribution in [2.75, 3.05) is 24.6 Å². The van der Waals surface area contributed by atoms with Gasteiger partial charge in [0.25, 0.3) is 5.69 Å². The fraction of sp³-hybridized carbons (Fsp3) is 0.417. The third-order valence-corrected chi connectivity index (χ3v) is 5.93. The number of carbonyl (C=O) groups is 2. The molecule has 1 aliphatic rings. The number of ketones is 1. The van der Waals surface area contributed by atoms with E-state index in [4.69, 9.17) is 4.74 Å². The predicted molar refractivity (Wildman–Crippen MR) is 122 cm³/mol. The lowest BCUT2D eigenvalue weighted by molar-refractivity contribution is -0.384. The number of aryl methyl sites for hydroxylation is 1. The van der Waals surface area contributed by atoms with Gasteiger partial charge in [0.1, 0.15) is 5.69 Å². The van der Waals surface area contributed by atoms with E-state index in [1.54, 1.807) is 18.2 Å². The molecule has 0 saturated carbocycles. The number of allylic oxidation sites excluding steroid dienone is 1. The van der Waals surface area contributed by atoms with E-state index in [-0.39, 0.29) is 17.0 Å². The lowest BCUT2D eigenvalue weighted by Crippen LogP contribution is -2.34. The highest BCUT2D eigenvalue weighted by Gasteiger charge is 2.26. The van der Waals surface area contributed by atoms with E-state index < -0.39 is 17.5 Å². The Kier molecular flexibility index (Phi) is 7.12. The Bertz CT molecular complexity index is 1060. The van der Waals surface area contributed by atoms with E-state index in [2.05, 4.69) is 13.5 Å². The van der Waals surface area contributed by atoms with Crippen LogP contribution in [0.3, 0.4) is 0 Å². The Morgan fingerprint density at radius 2 is 2.06 bits per heavy atom. The maximum absolute atomic E-state index is 12.6. The highest BCUT2D eigenvalue weighted by molar-refractivity contribution is 6.00. The molecule has 1 aliphatic heterocycles. The lowest BCUT2D eigenvalue weighted by Gasteiger charge is -2.32. The molecule has 1 saturated heterocycles. The van der Waals surface area contributed by atoms with Crippen molar-refractivity contribution in [2.45, 2.75) is 40.2 Å². The van der Waals surface area contributed by atoms with Crippen molar-refractivity contribution in [3.8, 4) is 0 Å². The lowest BCUT2D eigenvalue weighted by atomic mass is 9.99. The molecule has 1 fully saturated rings. The molecule has 8 nitrogen and oxygen atoms in total. The minimum absolute atomic E-state index is 0.0513. The summed E-state index contributed by atoms with van der Waals surface area (Å²) in [6.07, 6.45) is 3.81. The number of ether oxygens (including phenoxy) is 1. The van der Waals surface area contributed by atoms with Gasteiger partial charge in [0.05, 0.1) is 10.5 Å². The van der Waals surface area contributed by atoms with Gasteiger partial charge in [-0.2, -0.15) is 0 Å².